The molecule has 15 heavy (non-hydrogen) atoms. The second-order valence-electron chi connectivity index (χ2n) is 3.34. The molecular formula is C10H10ClN3O. The van der Waals surface area contributed by atoms with E-state index in [9.17, 15) is 0 Å². The maximum absolute atomic E-state index is 5.93. The maximum atomic E-state index is 5.93. The van der Waals surface area contributed by atoms with E-state index in [-0.39, 0.29) is 0 Å². The van der Waals surface area contributed by atoms with E-state index in [0.717, 1.165) is 28.3 Å². The van der Waals surface area contributed by atoms with Crippen LogP contribution in [0.4, 0.5) is 0 Å². The number of rotatable bonds is 1. The van der Waals surface area contributed by atoms with Crippen molar-refractivity contribution in [2.75, 3.05) is 0 Å². The van der Waals surface area contributed by atoms with Crippen LogP contribution in [0.2, 0.25) is 5.15 Å². The summed E-state index contributed by atoms with van der Waals surface area (Å²) in [6, 6.07) is 0. The monoisotopic (exact) mass is 223 g/mol. The van der Waals surface area contributed by atoms with Crippen molar-refractivity contribution in [3.63, 3.8) is 0 Å². The van der Waals surface area contributed by atoms with Crippen LogP contribution in [0.1, 0.15) is 17.0 Å². The zero-order valence-corrected chi connectivity index (χ0v) is 9.46. The molecule has 2 aromatic rings. The van der Waals surface area contributed by atoms with Gasteiger partial charge < -0.3 is 4.52 Å². The van der Waals surface area contributed by atoms with Gasteiger partial charge in [0.25, 0.3) is 0 Å². The number of aryl methyl sites for hydroxylation is 2. The van der Waals surface area contributed by atoms with Gasteiger partial charge in [-0.3, -0.25) is 0 Å². The molecule has 0 aliphatic rings. The summed E-state index contributed by atoms with van der Waals surface area (Å²) in [6.45, 7) is 5.61. The minimum atomic E-state index is 0.458. The molecule has 5 heteroatoms. The Morgan fingerprint density at radius 2 is 1.93 bits per heavy atom. The molecular weight excluding hydrogens is 214 g/mol. The van der Waals surface area contributed by atoms with E-state index in [1.807, 2.05) is 20.8 Å². The lowest BCUT2D eigenvalue weighted by molar-refractivity contribution is 0.393. The predicted octanol–water partition coefficient (Wildman–Crippen LogP) is 2.71. The van der Waals surface area contributed by atoms with E-state index in [1.54, 1.807) is 0 Å². The number of nitrogens with zero attached hydrogens (tertiary/aromatic N) is 3. The summed E-state index contributed by atoms with van der Waals surface area (Å²) in [4.78, 5) is 8.12. The number of hydrogen-bond acceptors (Lipinski definition) is 4. The molecule has 0 N–H and O–H groups in total. The summed E-state index contributed by atoms with van der Waals surface area (Å²) in [5, 5.41) is 4.34. The van der Waals surface area contributed by atoms with Gasteiger partial charge >= 0.3 is 0 Å². The quantitative estimate of drug-likeness (QED) is 0.698. The maximum Gasteiger partial charge on any atom is 0.143 e. The lowest BCUT2D eigenvalue weighted by atomic mass is 10.1. The van der Waals surface area contributed by atoms with Crippen LogP contribution >= 0.6 is 11.6 Å². The molecule has 2 rings (SSSR count). The zero-order valence-electron chi connectivity index (χ0n) is 8.71. The fourth-order valence-corrected chi connectivity index (χ4v) is 1.63. The van der Waals surface area contributed by atoms with Crippen LogP contribution in [-0.2, 0) is 0 Å². The van der Waals surface area contributed by atoms with Crippen molar-refractivity contribution in [1.29, 1.82) is 0 Å². The predicted molar refractivity (Wildman–Crippen MR) is 56.8 cm³/mol. The van der Waals surface area contributed by atoms with E-state index < -0.39 is 0 Å². The van der Waals surface area contributed by atoms with Crippen molar-refractivity contribution in [2.24, 2.45) is 0 Å². The van der Waals surface area contributed by atoms with Crippen LogP contribution in [0.15, 0.2) is 10.9 Å². The highest BCUT2D eigenvalue weighted by molar-refractivity contribution is 6.30. The Morgan fingerprint density at radius 3 is 2.53 bits per heavy atom. The van der Waals surface area contributed by atoms with Crippen LogP contribution < -0.4 is 0 Å². The molecule has 0 aliphatic heterocycles. The van der Waals surface area contributed by atoms with Crippen LogP contribution in [-0.4, -0.2) is 15.1 Å². The molecule has 78 valence electrons. The Morgan fingerprint density at radius 1 is 1.20 bits per heavy atom. The van der Waals surface area contributed by atoms with Gasteiger partial charge in [-0.05, 0) is 20.8 Å². The molecule has 0 bridgehead atoms. The number of hydrogen-bond donors (Lipinski definition) is 0. The van der Waals surface area contributed by atoms with E-state index >= 15 is 0 Å². The van der Waals surface area contributed by atoms with E-state index in [0.29, 0.717) is 5.15 Å². The molecule has 0 fully saturated rings. The average Bonchev–Trinajstić information content (AvgIpc) is 2.52. The van der Waals surface area contributed by atoms with Crippen molar-refractivity contribution in [3.8, 4) is 11.3 Å². The van der Waals surface area contributed by atoms with Crippen molar-refractivity contribution in [3.05, 3.63) is 28.5 Å². The second-order valence-corrected chi connectivity index (χ2v) is 3.70. The fraction of sp³-hybridized carbons (Fsp3) is 0.300. The van der Waals surface area contributed by atoms with Gasteiger partial charge in [-0.25, -0.2) is 9.97 Å². The lowest BCUT2D eigenvalue weighted by Crippen LogP contribution is -1.93. The van der Waals surface area contributed by atoms with Gasteiger partial charge in [0, 0.05) is 5.56 Å². The first-order chi connectivity index (χ1) is 7.11. The molecule has 0 saturated carbocycles. The van der Waals surface area contributed by atoms with E-state index in [1.165, 1.54) is 6.33 Å². The topological polar surface area (TPSA) is 51.8 Å². The van der Waals surface area contributed by atoms with Gasteiger partial charge in [0.15, 0.2) is 0 Å². The average molecular weight is 224 g/mol. The number of aromatic nitrogens is 3. The van der Waals surface area contributed by atoms with Gasteiger partial charge in [0.2, 0.25) is 0 Å². The smallest absolute Gasteiger partial charge is 0.143 e. The molecule has 0 amide bonds. The third-order valence-electron chi connectivity index (χ3n) is 2.29. The van der Waals surface area contributed by atoms with Gasteiger partial charge in [-0.2, -0.15) is 0 Å². The number of halogens is 1. The fourth-order valence-electron chi connectivity index (χ4n) is 1.50. The summed E-state index contributed by atoms with van der Waals surface area (Å²) in [5.41, 5.74) is 3.34. The minimum absolute atomic E-state index is 0.458. The van der Waals surface area contributed by atoms with Crippen LogP contribution in [0.3, 0.4) is 0 Å². The molecule has 4 nitrogen and oxygen atoms in total. The molecule has 2 aromatic heterocycles. The second kappa shape index (κ2) is 3.62. The summed E-state index contributed by atoms with van der Waals surface area (Å²) < 4.78 is 5.09. The highest BCUT2D eigenvalue weighted by atomic mass is 35.5. The summed E-state index contributed by atoms with van der Waals surface area (Å²) >= 11 is 5.93. The Kier molecular flexibility index (Phi) is 2.44. The Bertz CT molecular complexity index is 488. The zero-order chi connectivity index (χ0) is 11.0. The first-order valence-electron chi connectivity index (χ1n) is 4.51. The molecule has 0 saturated heterocycles. The first-order valence-corrected chi connectivity index (χ1v) is 4.89. The summed E-state index contributed by atoms with van der Waals surface area (Å²) in [6.07, 6.45) is 1.44. The third kappa shape index (κ3) is 1.61. The normalized spacial score (nSPS) is 10.7. The Labute approximate surface area is 92.3 Å². The van der Waals surface area contributed by atoms with Crippen molar-refractivity contribution in [1.82, 2.24) is 15.1 Å². The highest BCUT2D eigenvalue weighted by Gasteiger charge is 2.16. The minimum Gasteiger partial charge on any atom is -0.361 e. The third-order valence-corrected chi connectivity index (χ3v) is 2.67. The molecule has 0 aromatic carbocycles. The largest absolute Gasteiger partial charge is 0.361 e. The van der Waals surface area contributed by atoms with Crippen molar-refractivity contribution < 1.29 is 4.52 Å². The van der Waals surface area contributed by atoms with Crippen LogP contribution in [0, 0.1) is 20.8 Å². The van der Waals surface area contributed by atoms with Crippen molar-refractivity contribution in [2.45, 2.75) is 20.8 Å². The Balaban J connectivity index is 2.69. The summed E-state index contributed by atoms with van der Waals surface area (Å²) in [5.74, 6) is 0.741. The van der Waals surface area contributed by atoms with E-state index in [4.69, 9.17) is 16.1 Å². The molecule has 0 aliphatic carbocycles. The van der Waals surface area contributed by atoms with E-state index in [2.05, 4.69) is 15.1 Å². The van der Waals surface area contributed by atoms with Gasteiger partial charge in [-0.1, -0.05) is 16.8 Å². The molecule has 0 atom stereocenters. The lowest BCUT2D eigenvalue weighted by Gasteiger charge is -2.04. The molecule has 0 spiro atoms. The molecule has 2 heterocycles. The standard InChI is InChI=1S/C10H10ClN3O/c1-5-9(12-4-13-10(5)11)8-6(2)14-15-7(8)3/h4H,1-3H3. The van der Waals surface area contributed by atoms with Crippen LogP contribution in [0.5, 0.6) is 0 Å². The van der Waals surface area contributed by atoms with Gasteiger partial charge in [-0.15, -0.1) is 0 Å². The van der Waals surface area contributed by atoms with Crippen molar-refractivity contribution >= 4 is 11.6 Å². The SMILES string of the molecule is Cc1noc(C)c1-c1ncnc(Cl)c1C. The Hall–Kier alpha value is -1.42. The van der Waals surface area contributed by atoms with Gasteiger partial charge in [0.1, 0.15) is 17.2 Å². The van der Waals surface area contributed by atoms with Gasteiger partial charge in [0.05, 0.1) is 17.0 Å². The summed E-state index contributed by atoms with van der Waals surface area (Å²) in [7, 11) is 0. The first kappa shape index (κ1) is 10.1. The molecule has 0 radical (unpaired) electrons. The molecule has 0 unspecified atom stereocenters. The highest BCUT2D eigenvalue weighted by Crippen LogP contribution is 2.29. The van der Waals surface area contributed by atoms with Crippen LogP contribution in [0.25, 0.3) is 11.3 Å².